The first-order valence-corrected chi connectivity index (χ1v) is 9.12. The van der Waals surface area contributed by atoms with Crippen LogP contribution in [0.15, 0.2) is 61.1 Å². The zero-order valence-corrected chi connectivity index (χ0v) is 15.9. The molecule has 4 rings (SSSR count). The number of anilines is 1. The van der Waals surface area contributed by atoms with Gasteiger partial charge >= 0.3 is 5.97 Å². The fourth-order valence-electron chi connectivity index (χ4n) is 2.90. The molecule has 0 aliphatic heterocycles. The van der Waals surface area contributed by atoms with Crippen LogP contribution in [0, 0.1) is 0 Å². The maximum Gasteiger partial charge on any atom is 0.335 e. The van der Waals surface area contributed by atoms with Gasteiger partial charge in [0.25, 0.3) is 0 Å². The van der Waals surface area contributed by atoms with Gasteiger partial charge in [-0.25, -0.2) is 14.8 Å². The van der Waals surface area contributed by atoms with E-state index in [1.807, 2.05) is 22.7 Å². The van der Waals surface area contributed by atoms with Crippen LogP contribution in [0.5, 0.6) is 0 Å². The minimum atomic E-state index is -0.975. The highest BCUT2D eigenvalue weighted by atomic mass is 35.5. The minimum absolute atomic E-state index is 0.215. The van der Waals surface area contributed by atoms with Crippen molar-refractivity contribution in [3.8, 4) is 11.3 Å². The van der Waals surface area contributed by atoms with Crippen LogP contribution in [0.4, 0.5) is 5.82 Å². The largest absolute Gasteiger partial charge is 0.478 e. The van der Waals surface area contributed by atoms with Crippen LogP contribution in [0.3, 0.4) is 0 Å². The average Bonchev–Trinajstić information content (AvgIpc) is 3.19. The van der Waals surface area contributed by atoms with Crippen molar-refractivity contribution in [1.29, 1.82) is 0 Å². The number of aromatic carboxylic acids is 1. The lowest BCUT2D eigenvalue weighted by atomic mass is 10.1. The Hall–Kier alpha value is -3.09. The third-order valence-corrected chi connectivity index (χ3v) is 5.02. The van der Waals surface area contributed by atoms with Crippen LogP contribution in [0.2, 0.25) is 10.0 Å². The Morgan fingerprint density at radius 3 is 2.75 bits per heavy atom. The first-order chi connectivity index (χ1) is 13.5. The summed E-state index contributed by atoms with van der Waals surface area (Å²) < 4.78 is 1.87. The van der Waals surface area contributed by atoms with Crippen LogP contribution in [-0.2, 0) is 6.54 Å². The van der Waals surface area contributed by atoms with Gasteiger partial charge in [0.1, 0.15) is 0 Å². The molecular formula is C20H14Cl2N4O2. The molecule has 4 aromatic rings. The molecule has 0 aliphatic rings. The molecule has 2 aromatic carbocycles. The summed E-state index contributed by atoms with van der Waals surface area (Å²) in [7, 11) is 0. The normalized spacial score (nSPS) is 10.9. The molecule has 2 heterocycles. The summed E-state index contributed by atoms with van der Waals surface area (Å²) >= 11 is 12.0. The number of nitrogens with one attached hydrogen (secondary N) is 1. The molecule has 8 heteroatoms. The number of carbonyl (C=O) groups is 1. The number of carboxylic acid groups (broad SMARTS) is 1. The zero-order chi connectivity index (χ0) is 19.7. The van der Waals surface area contributed by atoms with E-state index in [0.29, 0.717) is 28.1 Å². The second-order valence-corrected chi connectivity index (χ2v) is 6.92. The van der Waals surface area contributed by atoms with Gasteiger partial charge in [-0.2, -0.15) is 0 Å². The molecule has 0 amide bonds. The number of hydrogen-bond donors (Lipinski definition) is 2. The fraction of sp³-hybridized carbons (Fsp3) is 0.0500. The molecule has 0 atom stereocenters. The summed E-state index contributed by atoms with van der Waals surface area (Å²) in [6.45, 7) is 0.500. The highest BCUT2D eigenvalue weighted by molar-refractivity contribution is 6.42. The molecule has 0 saturated heterocycles. The molecule has 0 spiro atoms. The molecule has 0 bridgehead atoms. The van der Waals surface area contributed by atoms with Crippen molar-refractivity contribution in [2.75, 3.05) is 5.32 Å². The summed E-state index contributed by atoms with van der Waals surface area (Å²) in [5.41, 5.74) is 3.30. The highest BCUT2D eigenvalue weighted by Gasteiger charge is 2.12. The van der Waals surface area contributed by atoms with E-state index < -0.39 is 5.97 Å². The van der Waals surface area contributed by atoms with Gasteiger partial charge in [0, 0.05) is 24.5 Å². The molecule has 0 fully saturated rings. The van der Waals surface area contributed by atoms with E-state index in [9.17, 15) is 9.90 Å². The molecule has 2 N–H and O–H groups in total. The Morgan fingerprint density at radius 2 is 1.96 bits per heavy atom. The molecule has 140 valence electrons. The van der Waals surface area contributed by atoms with Crippen molar-refractivity contribution in [1.82, 2.24) is 14.4 Å². The summed E-state index contributed by atoms with van der Waals surface area (Å²) in [5.74, 6) is -0.370. The highest BCUT2D eigenvalue weighted by Crippen LogP contribution is 2.26. The Labute approximate surface area is 170 Å². The molecule has 2 aromatic heterocycles. The summed E-state index contributed by atoms with van der Waals surface area (Å²) in [6.07, 6.45) is 5.17. The fourth-order valence-corrected chi connectivity index (χ4v) is 3.22. The molecule has 0 saturated carbocycles. The van der Waals surface area contributed by atoms with Crippen molar-refractivity contribution >= 4 is 40.6 Å². The quantitative estimate of drug-likeness (QED) is 0.481. The number of aromatic nitrogens is 3. The lowest BCUT2D eigenvalue weighted by Gasteiger charge is -2.11. The Balaban J connectivity index is 1.66. The van der Waals surface area contributed by atoms with Crippen LogP contribution >= 0.6 is 23.2 Å². The smallest absolute Gasteiger partial charge is 0.335 e. The second kappa shape index (κ2) is 7.50. The van der Waals surface area contributed by atoms with Gasteiger partial charge < -0.3 is 10.4 Å². The van der Waals surface area contributed by atoms with Crippen molar-refractivity contribution in [2.24, 2.45) is 0 Å². The van der Waals surface area contributed by atoms with Crippen molar-refractivity contribution < 1.29 is 9.90 Å². The summed E-state index contributed by atoms with van der Waals surface area (Å²) in [6, 6.07) is 12.1. The zero-order valence-electron chi connectivity index (χ0n) is 14.4. The first kappa shape index (κ1) is 18.3. The predicted octanol–water partition coefficient (Wildman–Crippen LogP) is 5.01. The topological polar surface area (TPSA) is 79.5 Å². The number of imidazole rings is 1. The van der Waals surface area contributed by atoms with E-state index in [-0.39, 0.29) is 5.56 Å². The molecule has 0 unspecified atom stereocenters. The van der Waals surface area contributed by atoms with E-state index in [1.165, 1.54) is 0 Å². The third-order valence-electron chi connectivity index (χ3n) is 4.28. The number of halogens is 2. The number of carboxylic acids is 1. The van der Waals surface area contributed by atoms with E-state index in [4.69, 9.17) is 23.2 Å². The van der Waals surface area contributed by atoms with Gasteiger partial charge in [-0.3, -0.25) is 4.40 Å². The molecular weight excluding hydrogens is 399 g/mol. The number of fused-ring (bicyclic) bond motifs is 1. The monoisotopic (exact) mass is 412 g/mol. The van der Waals surface area contributed by atoms with E-state index in [1.54, 1.807) is 42.7 Å². The standard InChI is InChI=1S/C20H14Cl2N4O2/c21-15-5-4-12(8-16(15)22)10-24-18-19-23-6-7-26(19)17(11-25-18)13-2-1-3-14(9-13)20(27)28/h1-9,11H,10H2,(H,24,25)(H,27,28). The van der Waals surface area contributed by atoms with E-state index in [0.717, 1.165) is 16.8 Å². The van der Waals surface area contributed by atoms with Crippen LogP contribution in [0.25, 0.3) is 16.9 Å². The van der Waals surface area contributed by atoms with Crippen molar-refractivity contribution in [3.63, 3.8) is 0 Å². The Kier molecular flexibility index (Phi) is 4.90. The van der Waals surface area contributed by atoms with Crippen LogP contribution in [0.1, 0.15) is 15.9 Å². The molecule has 6 nitrogen and oxygen atoms in total. The predicted molar refractivity (Wildman–Crippen MR) is 109 cm³/mol. The minimum Gasteiger partial charge on any atom is -0.478 e. The number of nitrogens with zero attached hydrogens (tertiary/aromatic N) is 3. The lowest BCUT2D eigenvalue weighted by molar-refractivity contribution is 0.0697. The van der Waals surface area contributed by atoms with E-state index >= 15 is 0 Å². The number of hydrogen-bond acceptors (Lipinski definition) is 4. The lowest BCUT2D eigenvalue weighted by Crippen LogP contribution is -2.05. The Morgan fingerprint density at radius 1 is 1.11 bits per heavy atom. The van der Waals surface area contributed by atoms with Gasteiger partial charge in [0.15, 0.2) is 11.5 Å². The van der Waals surface area contributed by atoms with Crippen molar-refractivity contribution in [2.45, 2.75) is 6.54 Å². The van der Waals surface area contributed by atoms with Gasteiger partial charge in [-0.05, 0) is 29.8 Å². The summed E-state index contributed by atoms with van der Waals surface area (Å²) in [5, 5.41) is 13.5. The van der Waals surface area contributed by atoms with Crippen LogP contribution in [-0.4, -0.2) is 25.4 Å². The van der Waals surface area contributed by atoms with Gasteiger partial charge in [-0.1, -0.05) is 41.4 Å². The van der Waals surface area contributed by atoms with Crippen LogP contribution < -0.4 is 5.32 Å². The maximum absolute atomic E-state index is 11.3. The van der Waals surface area contributed by atoms with Crippen molar-refractivity contribution in [3.05, 3.63) is 82.2 Å². The molecule has 0 radical (unpaired) electrons. The molecule has 0 aliphatic carbocycles. The summed E-state index contributed by atoms with van der Waals surface area (Å²) in [4.78, 5) is 20.1. The van der Waals surface area contributed by atoms with Gasteiger partial charge in [-0.15, -0.1) is 0 Å². The first-order valence-electron chi connectivity index (χ1n) is 8.36. The van der Waals surface area contributed by atoms with Gasteiger partial charge in [0.2, 0.25) is 0 Å². The molecule has 28 heavy (non-hydrogen) atoms. The Bertz CT molecular complexity index is 1190. The maximum atomic E-state index is 11.3. The van der Waals surface area contributed by atoms with Gasteiger partial charge in [0.05, 0.1) is 27.5 Å². The number of benzene rings is 2. The van der Waals surface area contributed by atoms with E-state index in [2.05, 4.69) is 15.3 Å². The SMILES string of the molecule is O=C(O)c1cccc(-c2cnc(NCc3ccc(Cl)c(Cl)c3)c3nccn23)c1. The number of rotatable bonds is 5. The third kappa shape index (κ3) is 3.52. The second-order valence-electron chi connectivity index (χ2n) is 6.10. The average molecular weight is 413 g/mol.